The van der Waals surface area contributed by atoms with Crippen molar-refractivity contribution in [3.8, 4) is 0 Å². The van der Waals surface area contributed by atoms with Crippen LogP contribution in [0.5, 0.6) is 0 Å². The molecule has 3 rings (SSSR count). The van der Waals surface area contributed by atoms with Crippen LogP contribution < -0.4 is 10.4 Å². The smallest absolute Gasteiger partial charge is 0.379 e. The molecule has 2 aliphatic heterocycles. The van der Waals surface area contributed by atoms with Crippen LogP contribution in [0.25, 0.3) is 0 Å². The second kappa shape index (κ2) is 4.62. The van der Waals surface area contributed by atoms with Crippen LogP contribution in [-0.2, 0) is 14.3 Å². The average molecular weight is 286 g/mol. The third-order valence-corrected chi connectivity index (χ3v) is 3.93. The van der Waals surface area contributed by atoms with Gasteiger partial charge in [-0.05, 0) is 32.9 Å². The highest BCUT2D eigenvalue weighted by atomic mass is 16.5. The topological polar surface area (TPSA) is 58.6 Å². The van der Waals surface area contributed by atoms with Gasteiger partial charge in [-0.25, -0.2) is 4.79 Å². The zero-order valence-corrected chi connectivity index (χ0v) is 12.4. The predicted octanol–water partition coefficient (Wildman–Crippen LogP) is 1.87. The number of carbonyl (C=O) groups is 2. The fourth-order valence-electron chi connectivity index (χ4n) is 2.74. The number of hydrazine groups is 1. The molecule has 2 fully saturated rings. The van der Waals surface area contributed by atoms with Crippen LogP contribution in [0.1, 0.15) is 25.8 Å². The number of nitrogens with one attached hydrogen (secondary N) is 1. The van der Waals surface area contributed by atoms with Gasteiger partial charge in [-0.2, -0.15) is 0 Å². The molecule has 110 valence electrons. The summed E-state index contributed by atoms with van der Waals surface area (Å²) >= 11 is 0. The number of Topliss-reactive ketones (excluding diaryl/α,β-unsaturated/α-hetero) is 1. The van der Waals surface area contributed by atoms with E-state index in [9.17, 15) is 9.59 Å². The molecule has 5 nitrogen and oxygen atoms in total. The second-order valence-electron chi connectivity index (χ2n) is 6.13. The largest absolute Gasteiger partial charge is 0.455 e. The Morgan fingerprint density at radius 2 is 1.86 bits per heavy atom. The van der Waals surface area contributed by atoms with E-state index in [-0.39, 0.29) is 12.1 Å². The minimum absolute atomic E-state index is 0.0673. The molecule has 2 saturated heterocycles. The average Bonchev–Trinajstić information content (AvgIpc) is 2.91. The van der Waals surface area contributed by atoms with Crippen LogP contribution in [0.15, 0.2) is 35.5 Å². The van der Waals surface area contributed by atoms with Gasteiger partial charge in [0.2, 0.25) is 0 Å². The Labute approximate surface area is 123 Å². The number of ether oxygens (including phenoxy) is 1. The highest BCUT2D eigenvalue weighted by molar-refractivity contribution is 6.42. The summed E-state index contributed by atoms with van der Waals surface area (Å²) in [5.41, 5.74) is 6.52. The Hall–Kier alpha value is -2.30. The monoisotopic (exact) mass is 286 g/mol. The second-order valence-corrected chi connectivity index (χ2v) is 6.13. The van der Waals surface area contributed by atoms with Crippen molar-refractivity contribution in [2.24, 2.45) is 0 Å². The van der Waals surface area contributed by atoms with E-state index in [1.807, 2.05) is 36.2 Å². The van der Waals surface area contributed by atoms with E-state index in [0.29, 0.717) is 12.0 Å². The lowest BCUT2D eigenvalue weighted by molar-refractivity contribution is -0.146. The molecule has 0 radical (unpaired) electrons. The molecule has 1 N–H and O–H groups in total. The maximum atomic E-state index is 11.8. The molecule has 1 aromatic carbocycles. The number of aryl methyl sites for hydroxylation is 1. The molecule has 0 aliphatic carbocycles. The Morgan fingerprint density at radius 1 is 1.19 bits per heavy atom. The Morgan fingerprint density at radius 3 is 2.43 bits per heavy atom. The van der Waals surface area contributed by atoms with Crippen LogP contribution in [0.2, 0.25) is 0 Å². The minimum Gasteiger partial charge on any atom is -0.455 e. The van der Waals surface area contributed by atoms with Crippen LogP contribution in [-0.4, -0.2) is 23.9 Å². The molecule has 1 aromatic rings. The Balaban J connectivity index is 1.94. The number of cyclic esters (lactones) is 1. The van der Waals surface area contributed by atoms with Gasteiger partial charge in [0.1, 0.15) is 6.61 Å². The minimum atomic E-state index is -0.758. The molecule has 0 unspecified atom stereocenters. The summed E-state index contributed by atoms with van der Waals surface area (Å²) < 4.78 is 4.81. The molecule has 2 heterocycles. The molecule has 5 heteroatoms. The molecular formula is C16H18N2O3. The molecule has 0 atom stereocenters. The van der Waals surface area contributed by atoms with E-state index in [4.69, 9.17) is 4.74 Å². The van der Waals surface area contributed by atoms with Gasteiger partial charge in [-0.15, -0.1) is 0 Å². The van der Waals surface area contributed by atoms with Gasteiger partial charge in [0.15, 0.2) is 0 Å². The number of hydrogen-bond acceptors (Lipinski definition) is 5. The highest BCUT2D eigenvalue weighted by Gasteiger charge is 2.40. The number of hydrogen-bond donors (Lipinski definition) is 1. The van der Waals surface area contributed by atoms with Crippen molar-refractivity contribution in [1.82, 2.24) is 5.43 Å². The number of rotatable bonds is 1. The standard InChI is InChI=1S/C16H18N2O3/c1-10-4-6-11(7-5-10)18-16(2,3)8-13(17-18)12-9-21-15(20)14(12)19/h4-7,17H,8-9H2,1-3H3/b13-12+. The zero-order chi connectivity index (χ0) is 15.2. The van der Waals surface area contributed by atoms with E-state index < -0.39 is 11.8 Å². The van der Waals surface area contributed by atoms with Crippen molar-refractivity contribution < 1.29 is 14.3 Å². The van der Waals surface area contributed by atoms with Crippen LogP contribution >= 0.6 is 0 Å². The summed E-state index contributed by atoms with van der Waals surface area (Å²) in [5.74, 6) is -1.29. The Kier molecular flexibility index (Phi) is 3.01. The summed E-state index contributed by atoms with van der Waals surface area (Å²) in [7, 11) is 0. The van der Waals surface area contributed by atoms with Gasteiger partial charge in [-0.1, -0.05) is 17.7 Å². The van der Waals surface area contributed by atoms with Gasteiger partial charge >= 0.3 is 5.97 Å². The fourth-order valence-corrected chi connectivity index (χ4v) is 2.74. The lowest BCUT2D eigenvalue weighted by atomic mass is 9.97. The van der Waals surface area contributed by atoms with E-state index in [2.05, 4.69) is 19.3 Å². The van der Waals surface area contributed by atoms with Crippen LogP contribution in [0.4, 0.5) is 5.69 Å². The SMILES string of the molecule is Cc1ccc(N2N/C(=C3\COC(=O)C3=O)CC2(C)C)cc1. The quantitative estimate of drug-likeness (QED) is 0.485. The number of nitrogens with zero attached hydrogens (tertiary/aromatic N) is 1. The van der Waals surface area contributed by atoms with E-state index in [1.54, 1.807) is 0 Å². The van der Waals surface area contributed by atoms with Crippen molar-refractivity contribution in [3.05, 3.63) is 41.1 Å². The van der Waals surface area contributed by atoms with Crippen molar-refractivity contribution >= 4 is 17.4 Å². The first kappa shape index (κ1) is 13.7. The normalized spacial score (nSPS) is 24.2. The fraction of sp³-hybridized carbons (Fsp3) is 0.375. The van der Waals surface area contributed by atoms with E-state index in [1.165, 1.54) is 5.56 Å². The van der Waals surface area contributed by atoms with Crippen molar-refractivity contribution in [3.63, 3.8) is 0 Å². The van der Waals surface area contributed by atoms with Gasteiger partial charge < -0.3 is 10.2 Å². The first-order valence-electron chi connectivity index (χ1n) is 6.95. The lowest BCUT2D eigenvalue weighted by Crippen LogP contribution is -2.43. The molecule has 0 spiro atoms. The molecular weight excluding hydrogens is 268 g/mol. The van der Waals surface area contributed by atoms with Crippen molar-refractivity contribution in [2.75, 3.05) is 11.6 Å². The number of benzene rings is 1. The Bertz CT molecular complexity index is 644. The highest BCUT2D eigenvalue weighted by Crippen LogP contribution is 2.35. The first-order chi connectivity index (χ1) is 9.88. The maximum Gasteiger partial charge on any atom is 0.379 e. The van der Waals surface area contributed by atoms with Crippen molar-refractivity contribution in [2.45, 2.75) is 32.7 Å². The van der Waals surface area contributed by atoms with Gasteiger partial charge in [-0.3, -0.25) is 9.80 Å². The maximum absolute atomic E-state index is 11.8. The van der Waals surface area contributed by atoms with Crippen LogP contribution in [0.3, 0.4) is 0 Å². The molecule has 2 aliphatic rings. The van der Waals surface area contributed by atoms with Gasteiger partial charge in [0.05, 0.1) is 16.8 Å². The van der Waals surface area contributed by atoms with Gasteiger partial charge in [0.25, 0.3) is 5.78 Å². The third-order valence-electron chi connectivity index (χ3n) is 3.93. The summed E-state index contributed by atoms with van der Waals surface area (Å²) in [6.45, 7) is 6.29. The van der Waals surface area contributed by atoms with E-state index in [0.717, 1.165) is 11.4 Å². The molecule has 0 aromatic heterocycles. The number of esters is 1. The zero-order valence-electron chi connectivity index (χ0n) is 12.4. The molecule has 21 heavy (non-hydrogen) atoms. The molecule has 0 amide bonds. The third kappa shape index (κ3) is 2.28. The summed E-state index contributed by atoms with van der Waals surface area (Å²) in [5, 5.41) is 2.03. The lowest BCUT2D eigenvalue weighted by Gasteiger charge is -2.32. The number of carbonyl (C=O) groups excluding carboxylic acids is 2. The summed E-state index contributed by atoms with van der Waals surface area (Å²) in [4.78, 5) is 23.0. The molecule has 0 bridgehead atoms. The number of ketones is 1. The summed E-state index contributed by atoms with van der Waals surface area (Å²) in [6, 6.07) is 8.17. The van der Waals surface area contributed by atoms with Crippen LogP contribution in [0, 0.1) is 6.92 Å². The molecule has 0 saturated carbocycles. The number of anilines is 1. The van der Waals surface area contributed by atoms with Crippen molar-refractivity contribution in [1.29, 1.82) is 0 Å². The summed E-state index contributed by atoms with van der Waals surface area (Å²) in [6.07, 6.45) is 0.665. The van der Waals surface area contributed by atoms with Gasteiger partial charge in [0, 0.05) is 12.1 Å². The predicted molar refractivity (Wildman–Crippen MR) is 78.5 cm³/mol. The first-order valence-corrected chi connectivity index (χ1v) is 6.95. The van der Waals surface area contributed by atoms with E-state index >= 15 is 0 Å².